The number of Topliss-reactive ketones (excluding diaryl/α,β-unsaturated/α-hetero) is 1. The third kappa shape index (κ3) is 3.66. The Labute approximate surface area is 194 Å². The van der Waals surface area contributed by atoms with E-state index in [-0.39, 0.29) is 5.56 Å². The van der Waals surface area contributed by atoms with Crippen LogP contribution in [0.4, 0.5) is 0 Å². The molecule has 0 atom stereocenters. The number of rotatable bonds is 5. The van der Waals surface area contributed by atoms with Crippen LogP contribution < -0.4 is 4.74 Å². The molecule has 0 spiro atoms. The number of hydrogen-bond acceptors (Lipinski definition) is 7. The molecule has 34 heavy (non-hydrogen) atoms. The highest BCUT2D eigenvalue weighted by Crippen LogP contribution is 2.31. The topological polar surface area (TPSA) is 133 Å². The SMILES string of the molecule is COc1cnc(-n2ccnn2)c2[nH]cc(C(=O)C(=O)N3CCN(C(=N)c4ccccc4)CC3)c12. The number of methoxy groups -OCH3 is 1. The summed E-state index contributed by atoms with van der Waals surface area (Å²) in [6, 6.07) is 9.46. The summed E-state index contributed by atoms with van der Waals surface area (Å²) in [6.07, 6.45) is 6.14. The highest BCUT2D eigenvalue weighted by Gasteiger charge is 2.30. The Morgan fingerprint density at radius 3 is 2.50 bits per heavy atom. The number of piperazine rings is 1. The molecular weight excluding hydrogens is 436 g/mol. The fraction of sp³-hybridized carbons (Fsp3) is 0.217. The van der Waals surface area contributed by atoms with Crippen molar-refractivity contribution in [2.24, 2.45) is 0 Å². The van der Waals surface area contributed by atoms with Gasteiger partial charge in [-0.3, -0.25) is 15.0 Å². The maximum Gasteiger partial charge on any atom is 0.295 e. The Hall–Kier alpha value is -4.54. The first-order valence-corrected chi connectivity index (χ1v) is 10.7. The first-order chi connectivity index (χ1) is 16.6. The molecule has 1 fully saturated rings. The van der Waals surface area contributed by atoms with Crippen LogP contribution in [0.5, 0.6) is 5.75 Å². The van der Waals surface area contributed by atoms with E-state index in [1.165, 1.54) is 35.3 Å². The van der Waals surface area contributed by atoms with Crippen LogP contribution in [0.3, 0.4) is 0 Å². The van der Waals surface area contributed by atoms with Crippen LogP contribution in [0.15, 0.2) is 55.1 Å². The van der Waals surface area contributed by atoms with Crippen LogP contribution in [-0.4, -0.2) is 85.6 Å². The number of amidine groups is 1. The smallest absolute Gasteiger partial charge is 0.295 e. The highest BCUT2D eigenvalue weighted by molar-refractivity contribution is 6.45. The van der Waals surface area contributed by atoms with E-state index in [2.05, 4.69) is 20.3 Å². The number of ether oxygens (including phenoxy) is 1. The molecule has 11 nitrogen and oxygen atoms in total. The number of ketones is 1. The lowest BCUT2D eigenvalue weighted by Crippen LogP contribution is -2.52. The molecule has 3 aromatic heterocycles. The lowest BCUT2D eigenvalue weighted by Gasteiger charge is -2.35. The number of aromatic amines is 1. The van der Waals surface area contributed by atoms with Crippen molar-refractivity contribution < 1.29 is 14.3 Å². The van der Waals surface area contributed by atoms with Gasteiger partial charge in [-0.1, -0.05) is 35.5 Å². The molecule has 4 aromatic rings. The molecule has 5 rings (SSSR count). The van der Waals surface area contributed by atoms with Crippen molar-refractivity contribution >= 4 is 28.4 Å². The van der Waals surface area contributed by atoms with E-state index in [9.17, 15) is 9.59 Å². The Bertz CT molecular complexity index is 1360. The molecule has 1 aromatic carbocycles. The zero-order chi connectivity index (χ0) is 23.7. The maximum atomic E-state index is 13.2. The normalized spacial score (nSPS) is 13.8. The Balaban J connectivity index is 1.36. The number of hydrogen-bond donors (Lipinski definition) is 2. The molecule has 1 aliphatic rings. The number of pyridine rings is 1. The van der Waals surface area contributed by atoms with Gasteiger partial charge in [0.25, 0.3) is 11.7 Å². The van der Waals surface area contributed by atoms with E-state index in [1.807, 2.05) is 35.2 Å². The Kier molecular flexibility index (Phi) is 5.50. The molecule has 1 aliphatic heterocycles. The van der Waals surface area contributed by atoms with Gasteiger partial charge in [-0.05, 0) is 0 Å². The van der Waals surface area contributed by atoms with Gasteiger partial charge in [0, 0.05) is 37.9 Å². The van der Waals surface area contributed by atoms with Crippen molar-refractivity contribution in [2.75, 3.05) is 33.3 Å². The summed E-state index contributed by atoms with van der Waals surface area (Å²) in [6.45, 7) is 1.66. The van der Waals surface area contributed by atoms with Crippen LogP contribution in [-0.2, 0) is 4.79 Å². The fourth-order valence-electron chi connectivity index (χ4n) is 4.10. The summed E-state index contributed by atoms with van der Waals surface area (Å²) in [5.41, 5.74) is 1.54. The Morgan fingerprint density at radius 2 is 1.82 bits per heavy atom. The van der Waals surface area contributed by atoms with Crippen molar-refractivity contribution in [2.45, 2.75) is 0 Å². The van der Waals surface area contributed by atoms with E-state index in [1.54, 1.807) is 6.20 Å². The van der Waals surface area contributed by atoms with Crippen LogP contribution in [0.1, 0.15) is 15.9 Å². The predicted molar refractivity (Wildman–Crippen MR) is 123 cm³/mol. The van der Waals surface area contributed by atoms with Gasteiger partial charge in [0.1, 0.15) is 11.6 Å². The highest BCUT2D eigenvalue weighted by atomic mass is 16.5. The molecule has 0 aliphatic carbocycles. The summed E-state index contributed by atoms with van der Waals surface area (Å²) in [7, 11) is 1.48. The third-order valence-electron chi connectivity index (χ3n) is 5.88. The summed E-state index contributed by atoms with van der Waals surface area (Å²) in [5, 5.41) is 16.7. The largest absolute Gasteiger partial charge is 0.494 e. The van der Waals surface area contributed by atoms with Gasteiger partial charge >= 0.3 is 0 Å². The quantitative estimate of drug-likeness (QED) is 0.200. The van der Waals surface area contributed by atoms with Gasteiger partial charge in [-0.15, -0.1) is 5.10 Å². The van der Waals surface area contributed by atoms with Crippen molar-refractivity contribution in [1.29, 1.82) is 5.41 Å². The number of nitrogens with zero attached hydrogens (tertiary/aromatic N) is 6. The number of benzene rings is 1. The molecule has 4 heterocycles. The molecule has 11 heteroatoms. The standard InChI is InChI=1S/C23H22N8O3/c1-34-17-14-26-22(31-8-7-27-28-31)19-18(17)16(13-25-19)20(32)23(33)30-11-9-29(10-12-30)21(24)15-5-3-2-4-6-15/h2-8,13-14,24-25H,9-12H2,1H3. The van der Waals surface area contributed by atoms with E-state index >= 15 is 0 Å². The molecule has 0 bridgehead atoms. The second kappa shape index (κ2) is 8.77. The molecular formula is C23H22N8O3. The average molecular weight is 458 g/mol. The fourth-order valence-corrected chi connectivity index (χ4v) is 4.10. The van der Waals surface area contributed by atoms with Gasteiger partial charge in [0.05, 0.1) is 42.2 Å². The number of carbonyl (C=O) groups excluding carboxylic acids is 2. The maximum absolute atomic E-state index is 13.2. The number of amides is 1. The minimum absolute atomic E-state index is 0.208. The second-order valence-electron chi connectivity index (χ2n) is 7.77. The lowest BCUT2D eigenvalue weighted by atomic mass is 10.1. The van der Waals surface area contributed by atoms with Crippen LogP contribution in [0.25, 0.3) is 16.7 Å². The molecule has 1 saturated heterocycles. The van der Waals surface area contributed by atoms with Gasteiger partial charge in [-0.25, -0.2) is 9.67 Å². The van der Waals surface area contributed by atoms with Crippen LogP contribution >= 0.6 is 0 Å². The number of H-pyrrole nitrogens is 1. The molecule has 1 amide bonds. The molecule has 2 N–H and O–H groups in total. The first-order valence-electron chi connectivity index (χ1n) is 10.7. The van der Waals surface area contributed by atoms with Crippen LogP contribution in [0.2, 0.25) is 0 Å². The van der Waals surface area contributed by atoms with Crippen molar-refractivity contribution in [1.82, 2.24) is 34.8 Å². The van der Waals surface area contributed by atoms with Crippen molar-refractivity contribution in [3.8, 4) is 11.6 Å². The van der Waals surface area contributed by atoms with E-state index < -0.39 is 11.7 Å². The summed E-state index contributed by atoms with van der Waals surface area (Å²) in [5.74, 6) is -0.00129. The molecule has 172 valence electrons. The van der Waals surface area contributed by atoms with Gasteiger partial charge in [0.15, 0.2) is 5.82 Å². The number of aromatic nitrogens is 5. The predicted octanol–water partition coefficient (Wildman–Crippen LogP) is 1.50. The Morgan fingerprint density at radius 1 is 1.09 bits per heavy atom. The van der Waals surface area contributed by atoms with E-state index in [4.69, 9.17) is 10.1 Å². The monoisotopic (exact) mass is 458 g/mol. The van der Waals surface area contributed by atoms with Gasteiger partial charge in [-0.2, -0.15) is 0 Å². The van der Waals surface area contributed by atoms with Crippen molar-refractivity contribution in [3.63, 3.8) is 0 Å². The summed E-state index contributed by atoms with van der Waals surface area (Å²) in [4.78, 5) is 37.2. The third-order valence-corrected chi connectivity index (χ3v) is 5.88. The average Bonchev–Trinajstić information content (AvgIpc) is 3.58. The van der Waals surface area contributed by atoms with E-state index in [0.29, 0.717) is 54.5 Å². The number of fused-ring (bicyclic) bond motifs is 1. The second-order valence-corrected chi connectivity index (χ2v) is 7.77. The number of nitrogens with one attached hydrogen (secondary N) is 2. The zero-order valence-electron chi connectivity index (χ0n) is 18.4. The van der Waals surface area contributed by atoms with E-state index in [0.717, 1.165) is 5.56 Å². The first kappa shape index (κ1) is 21.3. The molecule has 0 unspecified atom stereocenters. The summed E-state index contributed by atoms with van der Waals surface area (Å²) < 4.78 is 6.89. The minimum atomic E-state index is -0.633. The lowest BCUT2D eigenvalue weighted by molar-refractivity contribution is -0.127. The van der Waals surface area contributed by atoms with Crippen LogP contribution in [0, 0.1) is 5.41 Å². The number of carbonyl (C=O) groups is 2. The van der Waals surface area contributed by atoms with Crippen molar-refractivity contribution in [3.05, 3.63) is 66.2 Å². The zero-order valence-corrected chi connectivity index (χ0v) is 18.4. The minimum Gasteiger partial charge on any atom is -0.494 e. The summed E-state index contributed by atoms with van der Waals surface area (Å²) >= 11 is 0. The van der Waals surface area contributed by atoms with Gasteiger partial charge in [0.2, 0.25) is 0 Å². The molecule has 0 saturated carbocycles. The van der Waals surface area contributed by atoms with Gasteiger partial charge < -0.3 is 19.5 Å². The molecule has 0 radical (unpaired) electrons.